The minimum absolute atomic E-state index is 0.0761. The molecule has 0 aromatic heterocycles. The van der Waals surface area contributed by atoms with Gasteiger partial charge in [-0.15, -0.1) is 0 Å². The lowest BCUT2D eigenvalue weighted by molar-refractivity contribution is 0.555. The zero-order valence-corrected chi connectivity index (χ0v) is 20.5. The number of rotatable bonds is 7. The van der Waals surface area contributed by atoms with E-state index in [2.05, 4.69) is 96.7 Å². The molecule has 164 valence electrons. The molecule has 0 bridgehead atoms. The second-order valence-corrected chi connectivity index (χ2v) is 9.95. The molecule has 3 rings (SSSR count). The van der Waals surface area contributed by atoms with Crippen LogP contribution in [0, 0.1) is 5.92 Å². The van der Waals surface area contributed by atoms with E-state index in [1.165, 1.54) is 63.8 Å². The summed E-state index contributed by atoms with van der Waals surface area (Å²) in [5.74, 6) is 0.779. The van der Waals surface area contributed by atoms with E-state index >= 15 is 0 Å². The highest BCUT2D eigenvalue weighted by atomic mass is 14.5. The third-order valence-electron chi connectivity index (χ3n) is 7.07. The van der Waals surface area contributed by atoms with E-state index in [1.54, 1.807) is 0 Å². The monoisotopic (exact) mass is 412 g/mol. The number of fused-ring (bicyclic) bond motifs is 2. The van der Waals surface area contributed by atoms with Gasteiger partial charge in [0.2, 0.25) is 0 Å². The highest BCUT2D eigenvalue weighted by Crippen LogP contribution is 2.59. The predicted octanol–water partition coefficient (Wildman–Crippen LogP) is 9.28. The molecule has 0 aliphatic heterocycles. The summed E-state index contributed by atoms with van der Waals surface area (Å²) in [4.78, 5) is 0. The van der Waals surface area contributed by atoms with Gasteiger partial charge in [0.05, 0.1) is 0 Å². The molecule has 0 fully saturated rings. The fourth-order valence-corrected chi connectivity index (χ4v) is 5.50. The maximum atomic E-state index is 3.98. The van der Waals surface area contributed by atoms with Crippen LogP contribution in [-0.4, -0.2) is 0 Å². The van der Waals surface area contributed by atoms with E-state index in [9.17, 15) is 0 Å². The third-order valence-corrected chi connectivity index (χ3v) is 7.07. The summed E-state index contributed by atoms with van der Waals surface area (Å²) in [6.07, 6.45) is 17.2. The summed E-state index contributed by atoms with van der Waals surface area (Å²) in [6.45, 7) is 17.7. The molecule has 1 aromatic rings. The molecule has 0 saturated heterocycles. The number of hydrogen-bond acceptors (Lipinski definition) is 0. The second kappa shape index (κ2) is 9.86. The molecule has 0 amide bonds. The number of allylic oxidation sites excluding steroid dienone is 11. The van der Waals surface area contributed by atoms with Crippen LogP contribution in [0.3, 0.4) is 0 Å². The molecule has 31 heavy (non-hydrogen) atoms. The van der Waals surface area contributed by atoms with Crippen LogP contribution in [0.25, 0.3) is 5.57 Å². The lowest BCUT2D eigenvalue weighted by Crippen LogP contribution is -2.22. The molecule has 0 saturated carbocycles. The van der Waals surface area contributed by atoms with Gasteiger partial charge in [-0.3, -0.25) is 0 Å². The number of benzene rings is 1. The summed E-state index contributed by atoms with van der Waals surface area (Å²) in [7, 11) is 0. The molecule has 1 atom stereocenters. The van der Waals surface area contributed by atoms with Crippen molar-refractivity contribution in [1.82, 2.24) is 0 Å². The van der Waals surface area contributed by atoms with Crippen LogP contribution >= 0.6 is 0 Å². The Morgan fingerprint density at radius 3 is 2.55 bits per heavy atom. The SMILES string of the molecule is C=C/C=C1\C(=C/C)C2(CC(C)=C(/C=C\C(CCCC(C)C)=C(C)C)C2)c2ccccc21. The number of hydrogen-bond donors (Lipinski definition) is 0. The molecule has 0 N–H and O–H groups in total. The average molecular weight is 413 g/mol. The molecular weight excluding hydrogens is 372 g/mol. The maximum Gasteiger partial charge on any atom is 0.0289 e. The highest BCUT2D eigenvalue weighted by Gasteiger charge is 2.48. The van der Waals surface area contributed by atoms with Crippen molar-refractivity contribution in [2.45, 2.75) is 79.1 Å². The normalized spacial score (nSPS) is 23.1. The third kappa shape index (κ3) is 4.64. The van der Waals surface area contributed by atoms with Crippen molar-refractivity contribution < 1.29 is 0 Å². The molecule has 1 unspecified atom stereocenters. The zero-order chi connectivity index (χ0) is 22.6. The highest BCUT2D eigenvalue weighted by molar-refractivity contribution is 5.91. The van der Waals surface area contributed by atoms with Crippen LogP contribution in [0.1, 0.15) is 84.8 Å². The van der Waals surface area contributed by atoms with Gasteiger partial charge in [0.1, 0.15) is 0 Å². The van der Waals surface area contributed by atoms with Crippen LogP contribution in [0.5, 0.6) is 0 Å². The Kier molecular flexibility index (Phi) is 7.42. The van der Waals surface area contributed by atoms with E-state index in [4.69, 9.17) is 0 Å². The smallest absolute Gasteiger partial charge is 0.0289 e. The van der Waals surface area contributed by atoms with Crippen LogP contribution in [-0.2, 0) is 5.41 Å². The summed E-state index contributed by atoms with van der Waals surface area (Å²) >= 11 is 0. The Morgan fingerprint density at radius 2 is 1.90 bits per heavy atom. The Labute approximate surface area is 190 Å². The van der Waals surface area contributed by atoms with Gasteiger partial charge in [-0.05, 0) is 92.7 Å². The van der Waals surface area contributed by atoms with Crippen LogP contribution < -0.4 is 0 Å². The summed E-state index contributed by atoms with van der Waals surface area (Å²) in [5.41, 5.74) is 11.8. The molecule has 2 aliphatic carbocycles. The molecule has 1 spiro atoms. The van der Waals surface area contributed by atoms with Gasteiger partial charge in [0.15, 0.2) is 0 Å². The van der Waals surface area contributed by atoms with Crippen molar-refractivity contribution in [3.05, 3.63) is 100 Å². The van der Waals surface area contributed by atoms with Crippen LogP contribution in [0.2, 0.25) is 0 Å². The van der Waals surface area contributed by atoms with E-state index in [0.29, 0.717) is 0 Å². The minimum atomic E-state index is 0.0761. The molecule has 0 heteroatoms. The van der Waals surface area contributed by atoms with E-state index in [1.807, 2.05) is 6.08 Å². The maximum absolute atomic E-state index is 3.98. The van der Waals surface area contributed by atoms with Crippen LogP contribution in [0.4, 0.5) is 0 Å². The summed E-state index contributed by atoms with van der Waals surface area (Å²) in [5, 5.41) is 0. The van der Waals surface area contributed by atoms with Crippen molar-refractivity contribution in [1.29, 1.82) is 0 Å². The first kappa shape index (κ1) is 23.3. The molecule has 1 aromatic carbocycles. The standard InChI is InChI=1S/C31H40/c1-8-13-27-28-16-10-11-17-30(28)31(29(27)9-2)20-24(7)26(21-31)19-18-25(23(5)6)15-12-14-22(3)4/h8-11,13,16-19,22H,1,12,14-15,20-21H2,2-7H3/b19-18-,27-13-,29-9+. The van der Waals surface area contributed by atoms with Crippen molar-refractivity contribution >= 4 is 5.57 Å². The van der Waals surface area contributed by atoms with Crippen molar-refractivity contribution in [2.75, 3.05) is 0 Å². The summed E-state index contributed by atoms with van der Waals surface area (Å²) < 4.78 is 0. The minimum Gasteiger partial charge on any atom is -0.0990 e. The second-order valence-electron chi connectivity index (χ2n) is 9.95. The van der Waals surface area contributed by atoms with Crippen molar-refractivity contribution in [3.63, 3.8) is 0 Å². The van der Waals surface area contributed by atoms with Gasteiger partial charge in [-0.25, -0.2) is 0 Å². The lowest BCUT2D eigenvalue weighted by Gasteiger charge is -2.28. The van der Waals surface area contributed by atoms with Gasteiger partial charge in [0.25, 0.3) is 0 Å². The predicted molar refractivity (Wildman–Crippen MR) is 138 cm³/mol. The quantitative estimate of drug-likeness (QED) is 0.391. The summed E-state index contributed by atoms with van der Waals surface area (Å²) in [6, 6.07) is 8.98. The van der Waals surface area contributed by atoms with Gasteiger partial charge in [-0.2, -0.15) is 0 Å². The fourth-order valence-electron chi connectivity index (χ4n) is 5.50. The lowest BCUT2D eigenvalue weighted by atomic mass is 9.74. The van der Waals surface area contributed by atoms with Crippen LogP contribution in [0.15, 0.2) is 89.1 Å². The first-order valence-corrected chi connectivity index (χ1v) is 12.0. The molecule has 0 heterocycles. The van der Waals surface area contributed by atoms with E-state index < -0.39 is 0 Å². The van der Waals surface area contributed by atoms with Gasteiger partial charge in [0, 0.05) is 5.41 Å². The first-order valence-electron chi connectivity index (χ1n) is 12.0. The first-order chi connectivity index (χ1) is 14.8. The average Bonchev–Trinajstić information content (AvgIpc) is 3.19. The zero-order valence-electron chi connectivity index (χ0n) is 20.5. The van der Waals surface area contributed by atoms with E-state index in [0.717, 1.165) is 18.8 Å². The fraction of sp³-hybridized carbons (Fsp3) is 0.419. The molecule has 2 aliphatic rings. The Morgan fingerprint density at radius 1 is 1.16 bits per heavy atom. The van der Waals surface area contributed by atoms with Gasteiger partial charge < -0.3 is 0 Å². The van der Waals surface area contributed by atoms with Crippen molar-refractivity contribution in [3.8, 4) is 0 Å². The Balaban J connectivity index is 1.91. The van der Waals surface area contributed by atoms with Gasteiger partial charge in [-0.1, -0.05) is 92.6 Å². The van der Waals surface area contributed by atoms with Gasteiger partial charge >= 0.3 is 0 Å². The Hall–Kier alpha value is -2.34. The molecule has 0 nitrogen and oxygen atoms in total. The molecular formula is C31H40. The largest absolute Gasteiger partial charge is 0.0990 e. The van der Waals surface area contributed by atoms with Crippen molar-refractivity contribution in [2.24, 2.45) is 5.92 Å². The van der Waals surface area contributed by atoms with E-state index in [-0.39, 0.29) is 5.41 Å². The Bertz CT molecular complexity index is 983. The topological polar surface area (TPSA) is 0 Å². The molecule has 0 radical (unpaired) electrons.